The molecule has 2 aromatic heterocycles. The van der Waals surface area contributed by atoms with E-state index in [1.165, 1.54) is 6.20 Å². The van der Waals surface area contributed by atoms with Gasteiger partial charge in [-0.05, 0) is 42.8 Å². The van der Waals surface area contributed by atoms with E-state index in [1.807, 2.05) is 18.2 Å². The maximum Gasteiger partial charge on any atom is 0.253 e. The number of nitrogens with one attached hydrogen (secondary N) is 3. The number of aromatic nitrogens is 2. The first-order chi connectivity index (χ1) is 11.7. The average molecular weight is 324 g/mol. The molecule has 3 aromatic rings. The average Bonchev–Trinajstić information content (AvgIpc) is 3.24. The van der Waals surface area contributed by atoms with Gasteiger partial charge < -0.3 is 15.6 Å². The molecule has 1 aromatic carbocycles. The van der Waals surface area contributed by atoms with Gasteiger partial charge >= 0.3 is 0 Å². The van der Waals surface area contributed by atoms with Gasteiger partial charge in [-0.3, -0.25) is 4.79 Å². The predicted molar refractivity (Wildman–Crippen MR) is 90.2 cm³/mol. The highest BCUT2D eigenvalue weighted by molar-refractivity contribution is 6.07. The molecule has 1 amide bonds. The Labute approximate surface area is 138 Å². The van der Waals surface area contributed by atoms with E-state index in [0.29, 0.717) is 16.7 Å². The van der Waals surface area contributed by atoms with Crippen molar-refractivity contribution in [2.24, 2.45) is 0 Å². The molecule has 1 saturated heterocycles. The van der Waals surface area contributed by atoms with E-state index >= 15 is 0 Å². The summed E-state index contributed by atoms with van der Waals surface area (Å²) < 4.78 is 13.9. The van der Waals surface area contributed by atoms with E-state index in [9.17, 15) is 9.18 Å². The lowest BCUT2D eigenvalue weighted by atomic mass is 10.0. The Morgan fingerprint density at radius 1 is 1.33 bits per heavy atom. The number of amides is 1. The first-order valence-corrected chi connectivity index (χ1v) is 7.96. The van der Waals surface area contributed by atoms with Crippen LogP contribution in [0.1, 0.15) is 16.8 Å². The summed E-state index contributed by atoms with van der Waals surface area (Å²) >= 11 is 0. The molecule has 6 heteroatoms. The topological polar surface area (TPSA) is 69.8 Å². The van der Waals surface area contributed by atoms with Crippen LogP contribution in [0.25, 0.3) is 22.0 Å². The highest BCUT2D eigenvalue weighted by Crippen LogP contribution is 2.27. The van der Waals surface area contributed by atoms with Gasteiger partial charge in [0.1, 0.15) is 0 Å². The second-order valence-electron chi connectivity index (χ2n) is 5.97. The largest absolute Gasteiger partial charge is 0.360 e. The summed E-state index contributed by atoms with van der Waals surface area (Å²) in [5.74, 6) is -0.630. The number of fused-ring (bicyclic) bond motifs is 1. The van der Waals surface area contributed by atoms with Crippen molar-refractivity contribution in [1.29, 1.82) is 0 Å². The second-order valence-corrected chi connectivity index (χ2v) is 5.97. The van der Waals surface area contributed by atoms with Crippen LogP contribution < -0.4 is 10.6 Å². The number of hydrogen-bond donors (Lipinski definition) is 3. The maximum atomic E-state index is 13.9. The molecule has 3 heterocycles. The van der Waals surface area contributed by atoms with Crippen LogP contribution in [0.15, 0.2) is 42.7 Å². The van der Waals surface area contributed by atoms with Crippen LogP contribution in [-0.4, -0.2) is 35.0 Å². The molecule has 122 valence electrons. The van der Waals surface area contributed by atoms with Crippen LogP contribution >= 0.6 is 0 Å². The van der Waals surface area contributed by atoms with Crippen LogP contribution in [-0.2, 0) is 0 Å². The van der Waals surface area contributed by atoms with E-state index in [0.717, 1.165) is 30.4 Å². The summed E-state index contributed by atoms with van der Waals surface area (Å²) in [5.41, 5.74) is 2.54. The molecular weight excluding hydrogens is 307 g/mol. The molecule has 0 radical (unpaired) electrons. The molecule has 0 saturated carbocycles. The standard InChI is InChI=1S/C18H17FN4O/c19-17-13(2-1-6-21-17)11-3-4-16-14(8-11)15(10-22-16)18(24)23-12-5-7-20-9-12/h1-4,6,8,10,12,20,22H,5,7,9H2,(H,23,24). The summed E-state index contributed by atoms with van der Waals surface area (Å²) in [5, 5.41) is 7.04. The zero-order chi connectivity index (χ0) is 16.5. The molecule has 5 nitrogen and oxygen atoms in total. The number of pyridine rings is 1. The smallest absolute Gasteiger partial charge is 0.253 e. The van der Waals surface area contributed by atoms with E-state index < -0.39 is 5.95 Å². The molecule has 1 atom stereocenters. The van der Waals surface area contributed by atoms with Crippen molar-refractivity contribution >= 4 is 16.8 Å². The first kappa shape index (κ1) is 14.8. The molecule has 0 bridgehead atoms. The van der Waals surface area contributed by atoms with Crippen LogP contribution in [0.2, 0.25) is 0 Å². The molecule has 1 fully saturated rings. The van der Waals surface area contributed by atoms with Gasteiger partial charge in [0.05, 0.1) is 5.56 Å². The molecule has 1 aliphatic heterocycles. The molecule has 1 unspecified atom stereocenters. The van der Waals surface area contributed by atoms with Gasteiger partial charge in [-0.15, -0.1) is 0 Å². The number of hydrogen-bond acceptors (Lipinski definition) is 3. The minimum absolute atomic E-state index is 0.112. The first-order valence-electron chi connectivity index (χ1n) is 7.96. The summed E-state index contributed by atoms with van der Waals surface area (Å²) in [6, 6.07) is 9.03. The summed E-state index contributed by atoms with van der Waals surface area (Å²) in [6.07, 6.45) is 4.05. The van der Waals surface area contributed by atoms with Gasteiger partial charge in [0.2, 0.25) is 5.95 Å². The fraction of sp³-hybridized carbons (Fsp3) is 0.222. The normalized spacial score (nSPS) is 17.3. The molecule has 3 N–H and O–H groups in total. The third kappa shape index (κ3) is 2.65. The zero-order valence-corrected chi connectivity index (χ0v) is 13.0. The van der Waals surface area contributed by atoms with Gasteiger partial charge in [0.15, 0.2) is 0 Å². The maximum absolute atomic E-state index is 13.9. The van der Waals surface area contributed by atoms with Crippen molar-refractivity contribution in [2.45, 2.75) is 12.5 Å². The second kappa shape index (κ2) is 6.05. The lowest BCUT2D eigenvalue weighted by molar-refractivity contribution is 0.0942. The molecule has 24 heavy (non-hydrogen) atoms. The van der Waals surface area contributed by atoms with Gasteiger partial charge in [0.25, 0.3) is 5.91 Å². The Hall–Kier alpha value is -2.73. The predicted octanol–water partition coefficient (Wildman–Crippen LogP) is 2.46. The number of carbonyl (C=O) groups is 1. The van der Waals surface area contributed by atoms with Crippen LogP contribution in [0.4, 0.5) is 4.39 Å². The minimum atomic E-state index is -0.518. The number of halogens is 1. The third-order valence-electron chi connectivity index (χ3n) is 4.39. The van der Waals surface area contributed by atoms with Crippen molar-refractivity contribution in [1.82, 2.24) is 20.6 Å². The van der Waals surface area contributed by atoms with Gasteiger partial charge in [-0.2, -0.15) is 4.39 Å². The Bertz CT molecular complexity index is 899. The monoisotopic (exact) mass is 324 g/mol. The number of aromatic amines is 1. The lowest BCUT2D eigenvalue weighted by Gasteiger charge is -2.10. The number of nitrogens with zero attached hydrogens (tertiary/aromatic N) is 1. The highest BCUT2D eigenvalue weighted by Gasteiger charge is 2.20. The molecule has 4 rings (SSSR count). The molecule has 0 spiro atoms. The Kier molecular flexibility index (Phi) is 3.74. The Morgan fingerprint density at radius 3 is 3.04 bits per heavy atom. The van der Waals surface area contributed by atoms with E-state index in [1.54, 1.807) is 18.3 Å². The van der Waals surface area contributed by atoms with E-state index in [-0.39, 0.29) is 11.9 Å². The molecule has 0 aliphatic carbocycles. The van der Waals surface area contributed by atoms with Crippen LogP contribution in [0, 0.1) is 5.95 Å². The van der Waals surface area contributed by atoms with Crippen molar-refractivity contribution in [3.05, 3.63) is 54.2 Å². The number of benzene rings is 1. The van der Waals surface area contributed by atoms with Gasteiger partial charge in [0, 0.05) is 41.4 Å². The van der Waals surface area contributed by atoms with Crippen LogP contribution in [0.5, 0.6) is 0 Å². The van der Waals surface area contributed by atoms with Crippen molar-refractivity contribution in [3.63, 3.8) is 0 Å². The van der Waals surface area contributed by atoms with Gasteiger partial charge in [-0.1, -0.05) is 6.07 Å². The summed E-state index contributed by atoms with van der Waals surface area (Å²) in [4.78, 5) is 19.3. The highest BCUT2D eigenvalue weighted by atomic mass is 19.1. The van der Waals surface area contributed by atoms with E-state index in [4.69, 9.17) is 0 Å². The van der Waals surface area contributed by atoms with Crippen molar-refractivity contribution < 1.29 is 9.18 Å². The van der Waals surface area contributed by atoms with E-state index in [2.05, 4.69) is 20.6 Å². The number of carbonyl (C=O) groups excluding carboxylic acids is 1. The lowest BCUT2D eigenvalue weighted by Crippen LogP contribution is -2.36. The zero-order valence-electron chi connectivity index (χ0n) is 13.0. The number of H-pyrrole nitrogens is 1. The van der Waals surface area contributed by atoms with Crippen molar-refractivity contribution in [3.8, 4) is 11.1 Å². The number of rotatable bonds is 3. The fourth-order valence-corrected chi connectivity index (χ4v) is 3.12. The minimum Gasteiger partial charge on any atom is -0.360 e. The summed E-state index contributed by atoms with van der Waals surface area (Å²) in [6.45, 7) is 1.71. The summed E-state index contributed by atoms with van der Waals surface area (Å²) in [7, 11) is 0. The Balaban J connectivity index is 1.71. The third-order valence-corrected chi connectivity index (χ3v) is 4.39. The SMILES string of the molecule is O=C(NC1CCNC1)c1c[nH]c2ccc(-c3cccnc3F)cc12. The quantitative estimate of drug-likeness (QED) is 0.648. The Morgan fingerprint density at radius 2 is 2.25 bits per heavy atom. The van der Waals surface area contributed by atoms with Crippen molar-refractivity contribution in [2.75, 3.05) is 13.1 Å². The van der Waals surface area contributed by atoms with Crippen LogP contribution in [0.3, 0.4) is 0 Å². The molecular formula is C18H17FN4O. The van der Waals surface area contributed by atoms with Gasteiger partial charge in [-0.25, -0.2) is 4.98 Å². The fourth-order valence-electron chi connectivity index (χ4n) is 3.12. The molecule has 1 aliphatic rings.